The number of halogens is 1. The first kappa shape index (κ1) is 14.5. The van der Waals surface area contributed by atoms with Crippen molar-refractivity contribution in [3.8, 4) is 5.75 Å². The molecular weight excluding hydrogens is 289 g/mol. The van der Waals surface area contributed by atoms with Crippen LogP contribution in [0.1, 0.15) is 48.2 Å². The highest BCUT2D eigenvalue weighted by Crippen LogP contribution is 2.45. The maximum atomic E-state index is 13.5. The summed E-state index contributed by atoms with van der Waals surface area (Å²) in [7, 11) is 0. The summed E-state index contributed by atoms with van der Waals surface area (Å²) in [6.45, 7) is 3.77. The first-order valence-corrected chi connectivity index (χ1v) is 7.86. The Morgan fingerprint density at radius 1 is 1.38 bits per heavy atom. The fourth-order valence-electron chi connectivity index (χ4n) is 2.21. The summed E-state index contributed by atoms with van der Waals surface area (Å²) in [5.74, 6) is 0.314. The third-order valence-electron chi connectivity index (χ3n) is 3.41. The Morgan fingerprint density at radius 3 is 2.71 bits per heavy atom. The second kappa shape index (κ2) is 5.39. The number of hydrogen-bond donors (Lipinski definition) is 1. The predicted molar refractivity (Wildman–Crippen MR) is 80.1 cm³/mol. The van der Waals surface area contributed by atoms with Crippen molar-refractivity contribution in [2.75, 3.05) is 0 Å². The summed E-state index contributed by atoms with van der Waals surface area (Å²) in [6, 6.07) is 6.33. The molecule has 1 N–H and O–H groups in total. The van der Waals surface area contributed by atoms with E-state index in [1.807, 2.05) is 0 Å². The lowest BCUT2D eigenvalue weighted by Gasteiger charge is -2.16. The lowest BCUT2D eigenvalue weighted by molar-refractivity contribution is 0.0813. The second-order valence-corrected chi connectivity index (χ2v) is 6.96. The van der Waals surface area contributed by atoms with Gasteiger partial charge in [-0.15, -0.1) is 11.3 Å². The largest absolute Gasteiger partial charge is 0.483 e. The van der Waals surface area contributed by atoms with Gasteiger partial charge in [0.1, 0.15) is 11.6 Å². The number of ether oxygens (including phenoxy) is 1. The van der Waals surface area contributed by atoms with Crippen LogP contribution in [-0.4, -0.2) is 10.1 Å². The van der Waals surface area contributed by atoms with Crippen LogP contribution in [0.15, 0.2) is 24.3 Å². The van der Waals surface area contributed by atoms with Crippen LogP contribution in [0.3, 0.4) is 0 Å². The molecule has 0 atom stereocenters. The van der Waals surface area contributed by atoms with E-state index in [9.17, 15) is 9.50 Å². The molecule has 1 aliphatic rings. The highest BCUT2D eigenvalue weighted by Gasteiger charge is 2.34. The van der Waals surface area contributed by atoms with Crippen LogP contribution in [0, 0.1) is 5.82 Å². The van der Waals surface area contributed by atoms with E-state index in [4.69, 9.17) is 4.74 Å². The number of hydrogen-bond acceptors (Lipinski definition) is 4. The van der Waals surface area contributed by atoms with E-state index in [-0.39, 0.29) is 18.2 Å². The van der Waals surface area contributed by atoms with Crippen molar-refractivity contribution < 1.29 is 14.2 Å². The molecule has 1 aromatic heterocycles. The van der Waals surface area contributed by atoms with Gasteiger partial charge in [-0.3, -0.25) is 0 Å². The van der Waals surface area contributed by atoms with Gasteiger partial charge in [-0.1, -0.05) is 12.1 Å². The molecule has 21 heavy (non-hydrogen) atoms. The van der Waals surface area contributed by atoms with Gasteiger partial charge >= 0.3 is 0 Å². The van der Waals surface area contributed by atoms with Gasteiger partial charge in [0.15, 0.2) is 11.6 Å². The molecular formula is C16H18FNO2S. The van der Waals surface area contributed by atoms with Crippen molar-refractivity contribution in [3.05, 3.63) is 45.7 Å². The summed E-state index contributed by atoms with van der Waals surface area (Å²) < 4.78 is 19.0. The normalized spacial score (nSPS) is 15.2. The molecule has 1 saturated carbocycles. The van der Waals surface area contributed by atoms with Crippen molar-refractivity contribution >= 4 is 11.3 Å². The summed E-state index contributed by atoms with van der Waals surface area (Å²) in [6.07, 6.45) is 2.25. The van der Waals surface area contributed by atoms with Gasteiger partial charge in [-0.25, -0.2) is 9.37 Å². The van der Waals surface area contributed by atoms with E-state index < -0.39 is 5.60 Å². The average Bonchev–Trinajstić information content (AvgIpc) is 3.17. The summed E-state index contributed by atoms with van der Waals surface area (Å²) >= 11 is 1.45. The zero-order valence-electron chi connectivity index (χ0n) is 12.1. The highest BCUT2D eigenvalue weighted by molar-refractivity contribution is 7.11. The molecule has 0 radical (unpaired) electrons. The lowest BCUT2D eigenvalue weighted by Crippen LogP contribution is -2.15. The third-order valence-corrected chi connectivity index (χ3v) is 4.76. The number of benzene rings is 1. The van der Waals surface area contributed by atoms with Crippen LogP contribution in [-0.2, 0) is 12.2 Å². The minimum absolute atomic E-state index is 0.224. The van der Waals surface area contributed by atoms with Crippen molar-refractivity contribution in [3.63, 3.8) is 0 Å². The van der Waals surface area contributed by atoms with Crippen molar-refractivity contribution in [2.45, 2.75) is 44.8 Å². The SMILES string of the molecule is CC(C)(O)c1sc(COc2ccccc2F)nc1C1CC1. The topological polar surface area (TPSA) is 42.4 Å². The fourth-order valence-corrected chi connectivity index (χ4v) is 3.28. The minimum atomic E-state index is -0.897. The second-order valence-electron chi connectivity index (χ2n) is 5.87. The van der Waals surface area contributed by atoms with Crippen molar-refractivity contribution in [1.29, 1.82) is 0 Å². The molecule has 5 heteroatoms. The van der Waals surface area contributed by atoms with E-state index in [1.54, 1.807) is 32.0 Å². The molecule has 0 saturated heterocycles. The van der Waals surface area contributed by atoms with Crippen molar-refractivity contribution in [1.82, 2.24) is 4.98 Å². The standard InChI is InChI=1S/C16H18FNO2S/c1-16(2,19)15-14(10-7-8-10)18-13(21-15)9-20-12-6-4-3-5-11(12)17/h3-6,10,19H,7-9H2,1-2H3. The van der Waals surface area contributed by atoms with Gasteiger partial charge in [0.2, 0.25) is 0 Å². The number of aromatic nitrogens is 1. The van der Waals surface area contributed by atoms with E-state index in [0.29, 0.717) is 5.92 Å². The van der Waals surface area contributed by atoms with E-state index in [0.717, 1.165) is 28.4 Å². The molecule has 2 aromatic rings. The molecule has 1 heterocycles. The van der Waals surface area contributed by atoms with Crippen LogP contribution >= 0.6 is 11.3 Å². The van der Waals surface area contributed by atoms with Crippen molar-refractivity contribution in [2.24, 2.45) is 0 Å². The summed E-state index contributed by atoms with van der Waals surface area (Å²) in [5.41, 5.74) is 0.0888. The monoisotopic (exact) mass is 307 g/mol. The number of thiazole rings is 1. The quantitative estimate of drug-likeness (QED) is 0.909. The zero-order valence-corrected chi connectivity index (χ0v) is 12.9. The van der Waals surface area contributed by atoms with Gasteiger partial charge in [-0.2, -0.15) is 0 Å². The lowest BCUT2D eigenvalue weighted by atomic mass is 10.0. The van der Waals surface area contributed by atoms with Gasteiger partial charge in [-0.05, 0) is 38.8 Å². The van der Waals surface area contributed by atoms with E-state index in [2.05, 4.69) is 4.98 Å². The summed E-state index contributed by atoms with van der Waals surface area (Å²) in [5, 5.41) is 11.0. The van der Waals surface area contributed by atoms with Gasteiger partial charge in [0.25, 0.3) is 0 Å². The molecule has 0 unspecified atom stereocenters. The minimum Gasteiger partial charge on any atom is -0.483 e. The zero-order chi connectivity index (χ0) is 15.0. The predicted octanol–water partition coefficient (Wildman–Crippen LogP) is 3.97. The average molecular weight is 307 g/mol. The maximum Gasteiger partial charge on any atom is 0.165 e. The first-order chi connectivity index (χ1) is 9.95. The molecule has 0 amide bonds. The Bertz CT molecular complexity index is 644. The Balaban J connectivity index is 1.79. The molecule has 0 bridgehead atoms. The van der Waals surface area contributed by atoms with E-state index >= 15 is 0 Å². The van der Waals surface area contributed by atoms with Gasteiger partial charge < -0.3 is 9.84 Å². The molecule has 0 aliphatic heterocycles. The highest BCUT2D eigenvalue weighted by atomic mass is 32.1. The maximum absolute atomic E-state index is 13.5. The Hall–Kier alpha value is -1.46. The molecule has 1 aromatic carbocycles. The number of nitrogens with zero attached hydrogens (tertiary/aromatic N) is 1. The molecule has 3 rings (SSSR count). The fraction of sp³-hybridized carbons (Fsp3) is 0.438. The Kier molecular flexibility index (Phi) is 3.71. The van der Waals surface area contributed by atoms with Crippen LogP contribution < -0.4 is 4.74 Å². The Morgan fingerprint density at radius 2 is 2.10 bits per heavy atom. The van der Waals surface area contributed by atoms with Crippen LogP contribution in [0.2, 0.25) is 0 Å². The molecule has 0 spiro atoms. The molecule has 1 aliphatic carbocycles. The third kappa shape index (κ3) is 3.24. The summed E-state index contributed by atoms with van der Waals surface area (Å²) in [4.78, 5) is 5.49. The first-order valence-electron chi connectivity index (χ1n) is 7.05. The van der Waals surface area contributed by atoms with Gasteiger partial charge in [0, 0.05) is 5.92 Å². The van der Waals surface area contributed by atoms with Crippen LogP contribution in [0.25, 0.3) is 0 Å². The molecule has 1 fully saturated rings. The number of rotatable bonds is 5. The number of para-hydroxylation sites is 1. The smallest absolute Gasteiger partial charge is 0.165 e. The molecule has 3 nitrogen and oxygen atoms in total. The Labute approximate surface area is 127 Å². The van der Waals surface area contributed by atoms with Crippen LogP contribution in [0.4, 0.5) is 4.39 Å². The van der Waals surface area contributed by atoms with Gasteiger partial charge in [0.05, 0.1) is 16.2 Å². The van der Waals surface area contributed by atoms with E-state index in [1.165, 1.54) is 17.4 Å². The number of aliphatic hydroxyl groups is 1. The molecule has 112 valence electrons. The van der Waals surface area contributed by atoms with Crippen LogP contribution in [0.5, 0.6) is 5.75 Å².